The molecule has 0 aromatic rings. The normalized spacial score (nSPS) is 43.7. The number of nitrogens with zero attached hydrogens (tertiary/aromatic N) is 3. The van der Waals surface area contributed by atoms with Gasteiger partial charge in [-0.25, -0.2) is 0 Å². The lowest BCUT2D eigenvalue weighted by atomic mass is 10.0. The van der Waals surface area contributed by atoms with Crippen LogP contribution in [-0.2, 0) is 47.4 Å². The molecule has 0 N–H and O–H groups in total. The highest BCUT2D eigenvalue weighted by atomic mass is 16.8. The molecule has 6 aliphatic heterocycles. The second kappa shape index (κ2) is 9.30. The number of rotatable bonds is 3. The Balaban J connectivity index is 0.000000153. The summed E-state index contributed by atoms with van der Waals surface area (Å²) in [5.74, 6) is -1.78. The maximum absolute atomic E-state index is 8.77. The summed E-state index contributed by atoms with van der Waals surface area (Å²) in [5.41, 5.74) is 8.77. The van der Waals surface area contributed by atoms with Gasteiger partial charge in [0.1, 0.15) is 36.3 Å². The van der Waals surface area contributed by atoms with Gasteiger partial charge in [-0.15, -0.1) is 0 Å². The average Bonchev–Trinajstić information content (AvgIpc) is 3.56. The van der Waals surface area contributed by atoms with Gasteiger partial charge in [-0.2, -0.15) is 0 Å². The van der Waals surface area contributed by atoms with Crippen molar-refractivity contribution in [2.75, 3.05) is 13.2 Å². The first-order chi connectivity index (χ1) is 17.2. The molecule has 6 rings (SSSR count). The molecule has 6 heterocycles. The molecule has 5 fully saturated rings. The third kappa shape index (κ3) is 5.76. The van der Waals surface area contributed by atoms with E-state index in [4.69, 9.17) is 52.9 Å². The van der Waals surface area contributed by atoms with E-state index >= 15 is 0 Å². The molecule has 37 heavy (non-hydrogen) atoms. The van der Waals surface area contributed by atoms with Crippen LogP contribution in [0.15, 0.2) is 16.9 Å². The van der Waals surface area contributed by atoms with Gasteiger partial charge in [0.25, 0.3) is 0 Å². The number of hydrogen-bond donors (Lipinski definition) is 0. The first-order valence-electron chi connectivity index (χ1n) is 12.6. The van der Waals surface area contributed by atoms with E-state index in [0.717, 1.165) is 5.76 Å². The Bertz CT molecular complexity index is 962. The van der Waals surface area contributed by atoms with Gasteiger partial charge in [-0.05, 0) is 67.0 Å². The quantitative estimate of drug-likeness (QED) is 0.305. The number of azide groups is 1. The van der Waals surface area contributed by atoms with Gasteiger partial charge >= 0.3 is 0 Å². The van der Waals surface area contributed by atoms with Crippen LogP contribution in [0, 0.1) is 0 Å². The molecule has 0 bridgehead atoms. The summed E-state index contributed by atoms with van der Waals surface area (Å²) in [5, 5.41) is 3.82. The van der Waals surface area contributed by atoms with Crippen LogP contribution in [0.2, 0.25) is 0 Å². The summed E-state index contributed by atoms with van der Waals surface area (Å²) in [7, 11) is 0. The minimum atomic E-state index is -0.740. The van der Waals surface area contributed by atoms with Crippen molar-refractivity contribution in [1.82, 2.24) is 0 Å². The standard InChI is InChI=1S/C12H19N3O5.C12H18O5/c1-11(2)16-5-6(18-11)8-7(14-15-13)9-10(17-8)20-12(3,4)19-9;1-11(2)13-6-9(16-11)7-5-8-10(14-7)17-12(3,4)15-8/h6-10H,5H2,1-4H3;5,8-10H,6H2,1-4H3/t6-,7-,8-,9-,10?;8-,9-,10?/m11/s1. The zero-order valence-corrected chi connectivity index (χ0v) is 22.5. The van der Waals surface area contributed by atoms with Crippen molar-refractivity contribution >= 4 is 0 Å². The lowest BCUT2D eigenvalue weighted by molar-refractivity contribution is -0.222. The molecule has 5 saturated heterocycles. The summed E-state index contributed by atoms with van der Waals surface area (Å²) in [4.78, 5) is 2.90. The third-order valence-corrected chi connectivity index (χ3v) is 6.63. The van der Waals surface area contributed by atoms with Crippen molar-refractivity contribution in [3.8, 4) is 0 Å². The SMILES string of the molecule is CC1(C)OC[C@H](C2=C[C@H]3OC(C)(C)OC3O2)O1.CC1(C)OC[C@H]([C@H]2OC3OC(C)(C)O[C@@H]3[C@@H]2N=[N+]=[N-])O1. The summed E-state index contributed by atoms with van der Waals surface area (Å²) in [6.45, 7) is 15.7. The van der Waals surface area contributed by atoms with E-state index in [2.05, 4.69) is 10.0 Å². The average molecular weight is 528 g/mol. The molecule has 13 nitrogen and oxygen atoms in total. The molecule has 0 amide bonds. The van der Waals surface area contributed by atoms with Gasteiger partial charge in [0.2, 0.25) is 6.29 Å². The van der Waals surface area contributed by atoms with E-state index in [1.165, 1.54) is 0 Å². The Morgan fingerprint density at radius 1 is 0.757 bits per heavy atom. The van der Waals surface area contributed by atoms with Gasteiger partial charge in [-0.3, -0.25) is 0 Å². The van der Waals surface area contributed by atoms with Gasteiger partial charge in [0.05, 0.1) is 19.3 Å². The largest absolute Gasteiger partial charge is 0.463 e. The monoisotopic (exact) mass is 527 g/mol. The molecule has 13 heteroatoms. The fourth-order valence-corrected chi connectivity index (χ4v) is 5.20. The number of fused-ring (bicyclic) bond motifs is 2. The summed E-state index contributed by atoms with van der Waals surface area (Å²) < 4.78 is 56.9. The first-order valence-corrected chi connectivity index (χ1v) is 12.6. The zero-order chi connectivity index (χ0) is 26.8. The van der Waals surface area contributed by atoms with Crippen molar-refractivity contribution in [2.24, 2.45) is 5.11 Å². The van der Waals surface area contributed by atoms with Crippen molar-refractivity contribution in [3.05, 3.63) is 22.3 Å². The third-order valence-electron chi connectivity index (χ3n) is 6.63. The van der Waals surface area contributed by atoms with Crippen molar-refractivity contribution in [3.63, 3.8) is 0 Å². The molecule has 0 aromatic heterocycles. The molecule has 0 saturated carbocycles. The number of ether oxygens (including phenoxy) is 10. The van der Waals surface area contributed by atoms with E-state index in [1.807, 2.05) is 47.6 Å². The Morgan fingerprint density at radius 3 is 2.00 bits per heavy atom. The van der Waals surface area contributed by atoms with E-state index in [-0.39, 0.29) is 24.6 Å². The zero-order valence-electron chi connectivity index (χ0n) is 22.5. The summed E-state index contributed by atoms with van der Waals surface area (Å²) in [6.07, 6.45) is -0.434. The highest BCUT2D eigenvalue weighted by Gasteiger charge is 2.58. The van der Waals surface area contributed by atoms with Crippen LogP contribution >= 0.6 is 0 Å². The van der Waals surface area contributed by atoms with Crippen molar-refractivity contribution < 1.29 is 47.4 Å². The van der Waals surface area contributed by atoms with Crippen LogP contribution in [0.4, 0.5) is 0 Å². The topological polar surface area (TPSA) is 141 Å². The second-order valence-electron chi connectivity index (χ2n) is 11.6. The van der Waals surface area contributed by atoms with E-state index in [0.29, 0.717) is 13.2 Å². The van der Waals surface area contributed by atoms with Gasteiger partial charge in [0, 0.05) is 4.91 Å². The van der Waals surface area contributed by atoms with Gasteiger partial charge in [0.15, 0.2) is 29.4 Å². The minimum Gasteiger partial charge on any atom is -0.463 e. The fraction of sp³-hybridized carbons (Fsp3) is 0.917. The molecule has 0 radical (unpaired) electrons. The van der Waals surface area contributed by atoms with Gasteiger partial charge < -0.3 is 47.4 Å². The number of hydrogen-bond acceptors (Lipinski definition) is 11. The highest BCUT2D eigenvalue weighted by molar-refractivity contribution is 5.14. The van der Waals surface area contributed by atoms with Crippen LogP contribution < -0.4 is 0 Å². The predicted octanol–water partition coefficient (Wildman–Crippen LogP) is 3.22. The Labute approximate surface area is 216 Å². The van der Waals surface area contributed by atoms with E-state index in [9.17, 15) is 0 Å². The van der Waals surface area contributed by atoms with Crippen LogP contribution in [-0.4, -0.2) is 85.5 Å². The Hall–Kier alpha value is -1.51. The Morgan fingerprint density at radius 2 is 1.41 bits per heavy atom. The van der Waals surface area contributed by atoms with Crippen LogP contribution in [0.5, 0.6) is 0 Å². The van der Waals surface area contributed by atoms with E-state index in [1.54, 1.807) is 13.8 Å². The maximum Gasteiger partial charge on any atom is 0.232 e. The molecule has 6 aliphatic rings. The van der Waals surface area contributed by atoms with Crippen LogP contribution in [0.25, 0.3) is 10.4 Å². The first kappa shape index (κ1) is 27.1. The smallest absolute Gasteiger partial charge is 0.232 e. The molecular formula is C24H37N3O10. The van der Waals surface area contributed by atoms with Crippen LogP contribution in [0.3, 0.4) is 0 Å². The molecular weight excluding hydrogens is 490 g/mol. The maximum atomic E-state index is 8.77. The Kier molecular flexibility index (Phi) is 6.81. The molecule has 0 aliphatic carbocycles. The molecule has 0 aromatic carbocycles. The lowest BCUT2D eigenvalue weighted by Crippen LogP contribution is -2.41. The minimum absolute atomic E-state index is 0.146. The lowest BCUT2D eigenvalue weighted by Gasteiger charge is -2.26. The highest BCUT2D eigenvalue weighted by Crippen LogP contribution is 2.42. The molecule has 208 valence electrons. The molecule has 8 atom stereocenters. The summed E-state index contributed by atoms with van der Waals surface area (Å²) in [6, 6.07) is -0.491. The molecule has 2 unspecified atom stereocenters. The summed E-state index contributed by atoms with van der Waals surface area (Å²) >= 11 is 0. The predicted molar refractivity (Wildman–Crippen MR) is 124 cm³/mol. The molecule has 0 spiro atoms. The second-order valence-corrected chi connectivity index (χ2v) is 11.6. The van der Waals surface area contributed by atoms with Gasteiger partial charge in [-0.1, -0.05) is 5.11 Å². The van der Waals surface area contributed by atoms with Crippen molar-refractivity contribution in [2.45, 2.75) is 128 Å². The fourth-order valence-electron chi connectivity index (χ4n) is 5.20. The van der Waals surface area contributed by atoms with Crippen LogP contribution in [0.1, 0.15) is 55.4 Å². The van der Waals surface area contributed by atoms with Crippen molar-refractivity contribution in [1.29, 1.82) is 0 Å². The van der Waals surface area contributed by atoms with E-state index < -0.39 is 47.7 Å².